The number of nitrogens with zero attached hydrogens (tertiary/aromatic N) is 1. The second-order valence-corrected chi connectivity index (χ2v) is 6.61. The van der Waals surface area contributed by atoms with Crippen molar-refractivity contribution in [3.8, 4) is 0 Å². The third-order valence-electron chi connectivity index (χ3n) is 4.79. The molecule has 0 radical (unpaired) electrons. The van der Waals surface area contributed by atoms with Crippen LogP contribution in [-0.4, -0.2) is 48.0 Å². The summed E-state index contributed by atoms with van der Waals surface area (Å²) in [7, 11) is 0. The van der Waals surface area contributed by atoms with E-state index in [4.69, 9.17) is 4.74 Å². The van der Waals surface area contributed by atoms with Crippen molar-refractivity contribution in [3.05, 3.63) is 65.4 Å². The highest BCUT2D eigenvalue weighted by atomic mass is 16.5. The average molecular weight is 363 g/mol. The van der Waals surface area contributed by atoms with E-state index in [0.717, 1.165) is 16.6 Å². The highest BCUT2D eigenvalue weighted by Crippen LogP contribution is 2.23. The van der Waals surface area contributed by atoms with Crippen LogP contribution in [0.1, 0.15) is 26.4 Å². The van der Waals surface area contributed by atoms with Crippen molar-refractivity contribution in [1.29, 1.82) is 0 Å². The van der Waals surface area contributed by atoms with E-state index in [0.29, 0.717) is 43.1 Å². The molecule has 3 aromatic rings. The molecular formula is C21H21N3O3. The first-order valence-corrected chi connectivity index (χ1v) is 8.99. The van der Waals surface area contributed by atoms with Crippen LogP contribution in [0.2, 0.25) is 0 Å². The summed E-state index contributed by atoms with van der Waals surface area (Å²) in [6.07, 6.45) is 0. The number of fused-ring (bicyclic) bond motifs is 1. The number of aromatic amines is 1. The molecule has 2 heterocycles. The van der Waals surface area contributed by atoms with Gasteiger partial charge in [-0.05, 0) is 31.2 Å². The third kappa shape index (κ3) is 3.44. The molecule has 0 spiro atoms. The van der Waals surface area contributed by atoms with E-state index >= 15 is 0 Å². The van der Waals surface area contributed by atoms with E-state index in [2.05, 4.69) is 10.3 Å². The average Bonchev–Trinajstić information content (AvgIpc) is 3.04. The first kappa shape index (κ1) is 17.3. The van der Waals surface area contributed by atoms with Crippen LogP contribution < -0.4 is 5.32 Å². The maximum Gasteiger partial charge on any atom is 0.258 e. The van der Waals surface area contributed by atoms with Crippen LogP contribution in [0.25, 0.3) is 10.9 Å². The Kier molecular flexibility index (Phi) is 4.64. The number of aryl methyl sites for hydroxylation is 1. The van der Waals surface area contributed by atoms with E-state index in [1.54, 1.807) is 29.2 Å². The number of benzene rings is 2. The number of aromatic nitrogens is 1. The number of hydrogen-bond donors (Lipinski definition) is 2. The largest absolute Gasteiger partial charge is 0.378 e. The second-order valence-electron chi connectivity index (χ2n) is 6.61. The quantitative estimate of drug-likeness (QED) is 0.750. The molecule has 0 atom stereocenters. The van der Waals surface area contributed by atoms with Crippen LogP contribution >= 0.6 is 0 Å². The predicted molar refractivity (Wildman–Crippen MR) is 104 cm³/mol. The van der Waals surface area contributed by atoms with Crippen molar-refractivity contribution in [3.63, 3.8) is 0 Å². The summed E-state index contributed by atoms with van der Waals surface area (Å²) >= 11 is 0. The first-order valence-electron chi connectivity index (χ1n) is 8.99. The number of carbonyl (C=O) groups is 2. The van der Waals surface area contributed by atoms with Crippen molar-refractivity contribution in [2.24, 2.45) is 0 Å². The summed E-state index contributed by atoms with van der Waals surface area (Å²) in [4.78, 5) is 30.5. The van der Waals surface area contributed by atoms with Crippen LogP contribution in [0, 0.1) is 6.92 Å². The van der Waals surface area contributed by atoms with Gasteiger partial charge in [0.15, 0.2) is 0 Å². The summed E-state index contributed by atoms with van der Waals surface area (Å²) in [5.74, 6) is -0.237. The van der Waals surface area contributed by atoms with Gasteiger partial charge in [-0.25, -0.2) is 0 Å². The number of carbonyl (C=O) groups excluding carboxylic acids is 2. The predicted octanol–water partition coefficient (Wildman–Crippen LogP) is 3.20. The summed E-state index contributed by atoms with van der Waals surface area (Å²) < 4.78 is 5.30. The SMILES string of the molecule is Cc1[nH]c2ccccc2c1C(=O)Nc1cccc(C(=O)N2CCOCC2)c1. The molecule has 27 heavy (non-hydrogen) atoms. The topological polar surface area (TPSA) is 74.4 Å². The number of hydrogen-bond acceptors (Lipinski definition) is 3. The van der Waals surface area contributed by atoms with E-state index in [-0.39, 0.29) is 11.8 Å². The van der Waals surface area contributed by atoms with E-state index in [1.807, 2.05) is 31.2 Å². The van der Waals surface area contributed by atoms with Gasteiger partial charge in [0.05, 0.1) is 18.8 Å². The van der Waals surface area contributed by atoms with Crippen LogP contribution in [0.5, 0.6) is 0 Å². The van der Waals surface area contributed by atoms with E-state index in [9.17, 15) is 9.59 Å². The zero-order valence-electron chi connectivity index (χ0n) is 15.1. The molecule has 0 saturated carbocycles. The Bertz CT molecular complexity index is 1000. The molecule has 1 aliphatic rings. The third-order valence-corrected chi connectivity index (χ3v) is 4.79. The van der Waals surface area contributed by atoms with Crippen LogP contribution in [0.15, 0.2) is 48.5 Å². The minimum absolute atomic E-state index is 0.0438. The molecule has 0 unspecified atom stereocenters. The summed E-state index contributed by atoms with van der Waals surface area (Å²) in [6.45, 7) is 4.17. The number of rotatable bonds is 3. The summed E-state index contributed by atoms with van der Waals surface area (Å²) in [6, 6.07) is 14.8. The molecule has 1 aliphatic heterocycles. The fourth-order valence-corrected chi connectivity index (χ4v) is 3.44. The molecule has 1 fully saturated rings. The summed E-state index contributed by atoms with van der Waals surface area (Å²) in [5.41, 5.74) is 3.52. The molecule has 6 nitrogen and oxygen atoms in total. The molecule has 4 rings (SSSR count). The maximum absolute atomic E-state index is 12.8. The van der Waals surface area contributed by atoms with Crippen molar-refractivity contribution in [2.75, 3.05) is 31.6 Å². The fraction of sp³-hybridized carbons (Fsp3) is 0.238. The molecule has 6 heteroatoms. The summed E-state index contributed by atoms with van der Waals surface area (Å²) in [5, 5.41) is 3.80. The number of ether oxygens (including phenoxy) is 1. The van der Waals surface area contributed by atoms with Crippen molar-refractivity contribution < 1.29 is 14.3 Å². The lowest BCUT2D eigenvalue weighted by Crippen LogP contribution is -2.40. The number of nitrogens with one attached hydrogen (secondary N) is 2. The Hall–Kier alpha value is -3.12. The Labute approximate surface area is 157 Å². The van der Waals surface area contributed by atoms with Crippen molar-refractivity contribution >= 4 is 28.4 Å². The minimum Gasteiger partial charge on any atom is -0.378 e. The molecule has 2 amide bonds. The van der Waals surface area contributed by atoms with Crippen LogP contribution in [0.4, 0.5) is 5.69 Å². The Morgan fingerprint density at radius 2 is 1.85 bits per heavy atom. The highest BCUT2D eigenvalue weighted by Gasteiger charge is 2.20. The molecule has 0 bridgehead atoms. The van der Waals surface area contributed by atoms with E-state index in [1.165, 1.54) is 0 Å². The monoisotopic (exact) mass is 363 g/mol. The molecule has 2 N–H and O–H groups in total. The lowest BCUT2D eigenvalue weighted by atomic mass is 10.1. The zero-order valence-corrected chi connectivity index (χ0v) is 15.1. The Balaban J connectivity index is 1.56. The van der Waals surface area contributed by atoms with Gasteiger partial charge in [0, 0.05) is 40.9 Å². The molecule has 2 aromatic carbocycles. The van der Waals surface area contributed by atoms with Gasteiger partial charge in [0.1, 0.15) is 0 Å². The van der Waals surface area contributed by atoms with Gasteiger partial charge >= 0.3 is 0 Å². The highest BCUT2D eigenvalue weighted by molar-refractivity contribution is 6.14. The first-order chi connectivity index (χ1) is 13.1. The van der Waals surface area contributed by atoms with Gasteiger partial charge < -0.3 is 19.9 Å². The van der Waals surface area contributed by atoms with Gasteiger partial charge in [-0.1, -0.05) is 24.3 Å². The maximum atomic E-state index is 12.8. The Morgan fingerprint density at radius 3 is 2.67 bits per heavy atom. The molecule has 1 aromatic heterocycles. The lowest BCUT2D eigenvalue weighted by molar-refractivity contribution is 0.0303. The van der Waals surface area contributed by atoms with Gasteiger partial charge in [0.25, 0.3) is 11.8 Å². The van der Waals surface area contributed by atoms with Crippen LogP contribution in [0.3, 0.4) is 0 Å². The van der Waals surface area contributed by atoms with Gasteiger partial charge in [-0.15, -0.1) is 0 Å². The van der Waals surface area contributed by atoms with Gasteiger partial charge in [-0.2, -0.15) is 0 Å². The van der Waals surface area contributed by atoms with Crippen molar-refractivity contribution in [2.45, 2.75) is 6.92 Å². The lowest BCUT2D eigenvalue weighted by Gasteiger charge is -2.27. The number of para-hydroxylation sites is 1. The molecular weight excluding hydrogens is 342 g/mol. The molecule has 1 saturated heterocycles. The number of anilines is 1. The van der Waals surface area contributed by atoms with E-state index < -0.39 is 0 Å². The number of amides is 2. The second kappa shape index (κ2) is 7.25. The fourth-order valence-electron chi connectivity index (χ4n) is 3.44. The Morgan fingerprint density at radius 1 is 1.07 bits per heavy atom. The minimum atomic E-state index is -0.194. The molecule has 0 aliphatic carbocycles. The smallest absolute Gasteiger partial charge is 0.258 e. The standard InChI is InChI=1S/C21H21N3O3/c1-14-19(17-7-2-3-8-18(17)22-14)20(25)23-16-6-4-5-15(13-16)21(26)24-9-11-27-12-10-24/h2-8,13,22H,9-12H2,1H3,(H,23,25). The van der Waals surface area contributed by atoms with Crippen molar-refractivity contribution in [1.82, 2.24) is 9.88 Å². The number of morpholine rings is 1. The number of H-pyrrole nitrogens is 1. The molecule has 138 valence electrons. The normalized spacial score (nSPS) is 14.3. The zero-order chi connectivity index (χ0) is 18.8. The van der Waals surface area contributed by atoms with Crippen LogP contribution in [-0.2, 0) is 4.74 Å². The van der Waals surface area contributed by atoms with Gasteiger partial charge in [0.2, 0.25) is 0 Å². The van der Waals surface area contributed by atoms with Gasteiger partial charge in [-0.3, -0.25) is 9.59 Å².